The van der Waals surface area contributed by atoms with Gasteiger partial charge in [-0.15, -0.1) is 11.3 Å². The van der Waals surface area contributed by atoms with Crippen LogP contribution in [-0.4, -0.2) is 44.3 Å². The van der Waals surface area contributed by atoms with E-state index in [1.807, 2.05) is 0 Å². The fraction of sp³-hybridized carbons (Fsp3) is 0.714. The summed E-state index contributed by atoms with van der Waals surface area (Å²) >= 11 is 1.78. The summed E-state index contributed by atoms with van der Waals surface area (Å²) in [5.74, 6) is 0.869. The average Bonchev–Trinajstić information content (AvgIpc) is 2.73. The summed E-state index contributed by atoms with van der Waals surface area (Å²) in [4.78, 5) is 10.3. The molecule has 0 fully saturated rings. The zero-order valence-corrected chi connectivity index (χ0v) is 13.8. The second-order valence-electron chi connectivity index (χ2n) is 4.53. The Balaban J connectivity index is 2.34. The molecule has 114 valence electrons. The van der Waals surface area contributed by atoms with Gasteiger partial charge in [0.2, 0.25) is 0 Å². The van der Waals surface area contributed by atoms with E-state index >= 15 is 0 Å². The lowest BCUT2D eigenvalue weighted by molar-refractivity contribution is 0.197. The number of nitrogens with zero attached hydrogens (tertiary/aromatic N) is 2. The van der Waals surface area contributed by atoms with Crippen molar-refractivity contribution in [3.05, 3.63) is 15.6 Å². The molecule has 0 spiro atoms. The van der Waals surface area contributed by atoms with E-state index in [-0.39, 0.29) is 0 Å². The minimum atomic E-state index is 0.751. The Morgan fingerprint density at radius 3 is 2.75 bits per heavy atom. The Morgan fingerprint density at radius 2 is 2.15 bits per heavy atom. The number of aromatic nitrogens is 1. The molecule has 0 aliphatic carbocycles. The first-order valence-corrected chi connectivity index (χ1v) is 7.93. The van der Waals surface area contributed by atoms with Crippen molar-refractivity contribution < 1.29 is 4.74 Å². The van der Waals surface area contributed by atoms with E-state index in [0.717, 1.165) is 50.7 Å². The van der Waals surface area contributed by atoms with Crippen LogP contribution in [0, 0.1) is 13.8 Å². The third-order valence-corrected chi connectivity index (χ3v) is 3.96. The number of hydrogen-bond acceptors (Lipinski definition) is 4. The summed E-state index contributed by atoms with van der Waals surface area (Å²) in [5, 5.41) is 7.77. The van der Waals surface area contributed by atoms with Gasteiger partial charge in [0.1, 0.15) is 0 Å². The first-order valence-electron chi connectivity index (χ1n) is 7.11. The molecule has 0 aliphatic rings. The van der Waals surface area contributed by atoms with Gasteiger partial charge in [-0.25, -0.2) is 4.98 Å². The number of rotatable bonds is 8. The summed E-state index contributed by atoms with van der Waals surface area (Å²) in [5.41, 5.74) is 1.14. The topological polar surface area (TPSA) is 58.5 Å². The van der Waals surface area contributed by atoms with Gasteiger partial charge in [0.05, 0.1) is 10.7 Å². The van der Waals surface area contributed by atoms with Crippen LogP contribution in [0.1, 0.15) is 28.9 Å². The zero-order valence-electron chi connectivity index (χ0n) is 13.0. The highest BCUT2D eigenvalue weighted by Crippen LogP contribution is 2.16. The van der Waals surface area contributed by atoms with Gasteiger partial charge in [-0.3, -0.25) is 4.99 Å². The van der Waals surface area contributed by atoms with E-state index in [4.69, 9.17) is 4.74 Å². The standard InChI is InChI=1S/C14H26N4OS/c1-5-15-14(16-8-6-10-19-4)17-9-7-13-18-11(2)12(3)20-13/h5-10H2,1-4H3,(H2,15,16,17). The van der Waals surface area contributed by atoms with Gasteiger partial charge in [0, 0.05) is 44.6 Å². The van der Waals surface area contributed by atoms with Gasteiger partial charge in [-0.1, -0.05) is 0 Å². The zero-order chi connectivity index (χ0) is 14.8. The molecule has 0 amide bonds. The monoisotopic (exact) mass is 298 g/mol. The Bertz CT molecular complexity index is 398. The Labute approximate surface area is 125 Å². The first-order chi connectivity index (χ1) is 9.67. The van der Waals surface area contributed by atoms with Crippen LogP contribution in [0.4, 0.5) is 0 Å². The molecule has 0 unspecified atom stereocenters. The number of hydrogen-bond donors (Lipinski definition) is 2. The van der Waals surface area contributed by atoms with Crippen molar-refractivity contribution in [3.8, 4) is 0 Å². The molecule has 1 aromatic heterocycles. The fourth-order valence-electron chi connectivity index (χ4n) is 1.68. The van der Waals surface area contributed by atoms with E-state index < -0.39 is 0 Å². The number of methoxy groups -OCH3 is 1. The van der Waals surface area contributed by atoms with Crippen molar-refractivity contribution in [2.45, 2.75) is 33.6 Å². The van der Waals surface area contributed by atoms with E-state index in [1.165, 1.54) is 9.88 Å². The van der Waals surface area contributed by atoms with Crippen LogP contribution in [0.25, 0.3) is 0 Å². The third kappa shape index (κ3) is 6.34. The van der Waals surface area contributed by atoms with E-state index in [0.29, 0.717) is 0 Å². The van der Waals surface area contributed by atoms with Gasteiger partial charge >= 0.3 is 0 Å². The maximum absolute atomic E-state index is 5.02. The number of aryl methyl sites for hydroxylation is 2. The number of nitrogens with one attached hydrogen (secondary N) is 2. The van der Waals surface area contributed by atoms with Crippen LogP contribution in [0.5, 0.6) is 0 Å². The second kappa shape index (κ2) is 9.72. The summed E-state index contributed by atoms with van der Waals surface area (Å²) in [6, 6.07) is 0. The molecule has 0 aromatic carbocycles. The van der Waals surface area contributed by atoms with Gasteiger partial charge in [-0.05, 0) is 27.2 Å². The molecule has 2 N–H and O–H groups in total. The molecule has 0 aliphatic heterocycles. The van der Waals surface area contributed by atoms with Gasteiger partial charge < -0.3 is 15.4 Å². The van der Waals surface area contributed by atoms with Crippen LogP contribution in [-0.2, 0) is 11.2 Å². The van der Waals surface area contributed by atoms with E-state index in [1.54, 1.807) is 18.4 Å². The predicted molar refractivity (Wildman–Crippen MR) is 85.8 cm³/mol. The van der Waals surface area contributed by atoms with Crippen LogP contribution >= 0.6 is 11.3 Å². The Kier molecular flexibility index (Phi) is 8.22. The molecule has 0 atom stereocenters. The highest BCUT2D eigenvalue weighted by molar-refractivity contribution is 7.11. The highest BCUT2D eigenvalue weighted by Gasteiger charge is 2.03. The van der Waals surface area contributed by atoms with Crippen molar-refractivity contribution in [3.63, 3.8) is 0 Å². The molecule has 1 heterocycles. The molecular formula is C14H26N4OS. The molecule has 0 saturated heterocycles. The molecule has 0 bridgehead atoms. The van der Waals surface area contributed by atoms with E-state index in [2.05, 4.69) is 41.4 Å². The predicted octanol–water partition coefficient (Wildman–Crippen LogP) is 1.89. The summed E-state index contributed by atoms with van der Waals surface area (Å²) in [6.45, 7) is 9.49. The Morgan fingerprint density at radius 1 is 1.35 bits per heavy atom. The lowest BCUT2D eigenvalue weighted by atomic mass is 10.4. The minimum Gasteiger partial charge on any atom is -0.385 e. The van der Waals surface area contributed by atoms with Gasteiger partial charge in [0.25, 0.3) is 0 Å². The van der Waals surface area contributed by atoms with Crippen molar-refractivity contribution in [1.82, 2.24) is 15.6 Å². The fourth-order valence-corrected chi connectivity index (χ4v) is 2.61. The molecule has 20 heavy (non-hydrogen) atoms. The number of guanidine groups is 1. The maximum Gasteiger partial charge on any atom is 0.191 e. The van der Waals surface area contributed by atoms with E-state index in [9.17, 15) is 0 Å². The first kappa shape index (κ1) is 16.9. The minimum absolute atomic E-state index is 0.751. The SMILES string of the molecule is CCNC(=NCCCOC)NCCc1nc(C)c(C)s1. The second-order valence-corrected chi connectivity index (χ2v) is 5.82. The smallest absolute Gasteiger partial charge is 0.191 e. The summed E-state index contributed by atoms with van der Waals surface area (Å²) < 4.78 is 5.02. The molecule has 0 radical (unpaired) electrons. The van der Waals surface area contributed by atoms with Crippen molar-refractivity contribution in [2.75, 3.05) is 33.4 Å². The van der Waals surface area contributed by atoms with Crippen molar-refractivity contribution in [2.24, 2.45) is 4.99 Å². The lowest BCUT2D eigenvalue weighted by Crippen LogP contribution is -2.38. The van der Waals surface area contributed by atoms with Crippen LogP contribution in [0.3, 0.4) is 0 Å². The van der Waals surface area contributed by atoms with Crippen LogP contribution in [0.15, 0.2) is 4.99 Å². The van der Waals surface area contributed by atoms with Crippen LogP contribution < -0.4 is 10.6 Å². The van der Waals surface area contributed by atoms with Gasteiger partial charge in [0.15, 0.2) is 5.96 Å². The van der Waals surface area contributed by atoms with Gasteiger partial charge in [-0.2, -0.15) is 0 Å². The van der Waals surface area contributed by atoms with Crippen molar-refractivity contribution in [1.29, 1.82) is 0 Å². The normalized spacial score (nSPS) is 11.7. The quantitative estimate of drug-likeness (QED) is 0.437. The summed E-state index contributed by atoms with van der Waals surface area (Å²) in [7, 11) is 1.71. The molecule has 5 nitrogen and oxygen atoms in total. The summed E-state index contributed by atoms with van der Waals surface area (Å²) in [6.07, 6.45) is 1.87. The highest BCUT2D eigenvalue weighted by atomic mass is 32.1. The largest absolute Gasteiger partial charge is 0.385 e. The maximum atomic E-state index is 5.02. The average molecular weight is 298 g/mol. The van der Waals surface area contributed by atoms with Crippen molar-refractivity contribution >= 4 is 17.3 Å². The molecular weight excluding hydrogens is 272 g/mol. The molecule has 1 aromatic rings. The molecule has 6 heteroatoms. The molecule has 0 saturated carbocycles. The number of thiazole rings is 1. The lowest BCUT2D eigenvalue weighted by Gasteiger charge is -2.10. The number of ether oxygens (including phenoxy) is 1. The molecule has 1 rings (SSSR count). The Hall–Kier alpha value is -1.14. The third-order valence-electron chi connectivity index (χ3n) is 2.82. The van der Waals surface area contributed by atoms with Crippen LogP contribution in [0.2, 0.25) is 0 Å². The number of aliphatic imine (C=N–C) groups is 1.